The number of carbonyl (C=O) groups excluding carboxylic acids is 2. The highest BCUT2D eigenvalue weighted by molar-refractivity contribution is 5.79. The van der Waals surface area contributed by atoms with Crippen LogP contribution >= 0.6 is 0 Å². The van der Waals surface area contributed by atoms with Crippen LogP contribution in [0.15, 0.2) is 0 Å². The lowest BCUT2D eigenvalue weighted by molar-refractivity contribution is -0.221. The van der Waals surface area contributed by atoms with Gasteiger partial charge in [0.1, 0.15) is 5.78 Å². The zero-order chi connectivity index (χ0) is 22.6. The van der Waals surface area contributed by atoms with Gasteiger partial charge in [-0.2, -0.15) is 0 Å². The lowest BCUT2D eigenvalue weighted by atomic mass is 9.43. The van der Waals surface area contributed by atoms with Gasteiger partial charge in [0.15, 0.2) is 0 Å². The smallest absolute Gasteiger partial charge is 0.305 e. The maximum atomic E-state index is 12.3. The fraction of sp³-hybridized carbons (Fsp3) is 0.923. The van der Waals surface area contributed by atoms with E-state index in [9.17, 15) is 14.7 Å². The minimum atomic E-state index is -0.493. The number of ketones is 1. The molecule has 0 radical (unpaired) electrons. The van der Waals surface area contributed by atoms with Crippen LogP contribution in [-0.4, -0.2) is 43.3 Å². The number of methoxy groups -OCH3 is 2. The van der Waals surface area contributed by atoms with E-state index in [4.69, 9.17) is 9.47 Å². The van der Waals surface area contributed by atoms with Crippen LogP contribution in [0.5, 0.6) is 0 Å². The van der Waals surface area contributed by atoms with Gasteiger partial charge in [0.25, 0.3) is 0 Å². The number of esters is 1. The molecule has 1 N–H and O–H groups in total. The number of hydrogen-bond donors (Lipinski definition) is 1. The van der Waals surface area contributed by atoms with E-state index >= 15 is 0 Å². The van der Waals surface area contributed by atoms with Gasteiger partial charge in [0.05, 0.1) is 19.3 Å². The molecule has 4 aliphatic carbocycles. The van der Waals surface area contributed by atoms with Gasteiger partial charge in [-0.05, 0) is 78.9 Å². The minimum absolute atomic E-state index is 0.0778. The number of rotatable bonds is 5. The molecular formula is C26H42O5. The maximum Gasteiger partial charge on any atom is 0.305 e. The van der Waals surface area contributed by atoms with Crippen molar-refractivity contribution in [2.24, 2.45) is 46.3 Å². The lowest BCUT2D eigenvalue weighted by Crippen LogP contribution is -2.64. The van der Waals surface area contributed by atoms with E-state index in [-0.39, 0.29) is 34.7 Å². The fourth-order valence-corrected chi connectivity index (χ4v) is 8.95. The summed E-state index contributed by atoms with van der Waals surface area (Å²) in [5.41, 5.74) is 0.276. The summed E-state index contributed by atoms with van der Waals surface area (Å²) in [5, 5.41) is 11.6. The van der Waals surface area contributed by atoms with Gasteiger partial charge in [-0.25, -0.2) is 0 Å². The van der Waals surface area contributed by atoms with Gasteiger partial charge >= 0.3 is 5.97 Å². The van der Waals surface area contributed by atoms with Crippen molar-refractivity contribution in [1.82, 2.24) is 0 Å². The first-order valence-electron chi connectivity index (χ1n) is 12.5. The van der Waals surface area contributed by atoms with Crippen LogP contribution in [0.3, 0.4) is 0 Å². The topological polar surface area (TPSA) is 72.8 Å². The Morgan fingerprint density at radius 3 is 2.48 bits per heavy atom. The Morgan fingerprint density at radius 1 is 1.10 bits per heavy atom. The zero-order valence-corrected chi connectivity index (χ0v) is 20.1. The Morgan fingerprint density at radius 2 is 1.81 bits per heavy atom. The second kappa shape index (κ2) is 8.44. The molecule has 10 atom stereocenters. The molecule has 4 saturated carbocycles. The predicted octanol–water partition coefficient (Wildman–Crippen LogP) is 4.40. The SMILES string of the molecule is COC(=O)CC[C@@H](C)[C@H]1CC[C@H]2[C@@H]3[C@H](O)[C@H](OC)[C@@H]4CC(=O)CC[C@]4(C)[C@H]3CC[C@]12C. The molecule has 0 aromatic heterocycles. The van der Waals surface area contributed by atoms with E-state index in [1.165, 1.54) is 20.0 Å². The van der Waals surface area contributed by atoms with Crippen LogP contribution in [0.4, 0.5) is 0 Å². The third-order valence-corrected chi connectivity index (χ3v) is 10.6. The van der Waals surface area contributed by atoms with Gasteiger partial charge in [-0.1, -0.05) is 20.8 Å². The molecule has 0 aromatic carbocycles. The van der Waals surface area contributed by atoms with Gasteiger partial charge in [-0.15, -0.1) is 0 Å². The monoisotopic (exact) mass is 434 g/mol. The normalized spacial score (nSPS) is 47.8. The van der Waals surface area contributed by atoms with Crippen molar-refractivity contribution in [3.8, 4) is 0 Å². The number of Topliss-reactive ketones (excluding diaryl/α,β-unsaturated/α-hetero) is 1. The summed E-state index contributed by atoms with van der Waals surface area (Å²) in [7, 11) is 3.17. The average molecular weight is 435 g/mol. The first-order valence-corrected chi connectivity index (χ1v) is 12.5. The molecule has 0 spiro atoms. The van der Waals surface area contributed by atoms with E-state index in [2.05, 4.69) is 20.8 Å². The van der Waals surface area contributed by atoms with Crippen molar-refractivity contribution in [1.29, 1.82) is 0 Å². The summed E-state index contributed by atoms with van der Waals surface area (Å²) in [4.78, 5) is 24.0. The van der Waals surface area contributed by atoms with Gasteiger partial charge < -0.3 is 14.6 Å². The number of fused-ring (bicyclic) bond motifs is 5. The van der Waals surface area contributed by atoms with Crippen molar-refractivity contribution in [2.75, 3.05) is 14.2 Å². The van der Waals surface area contributed by atoms with Crippen LogP contribution in [0, 0.1) is 46.3 Å². The van der Waals surface area contributed by atoms with Crippen molar-refractivity contribution >= 4 is 11.8 Å². The van der Waals surface area contributed by atoms with Crippen LogP contribution in [0.25, 0.3) is 0 Å². The van der Waals surface area contributed by atoms with Crippen molar-refractivity contribution in [3.63, 3.8) is 0 Å². The van der Waals surface area contributed by atoms with Crippen LogP contribution in [0.1, 0.15) is 78.6 Å². The maximum absolute atomic E-state index is 12.3. The Balaban J connectivity index is 1.59. The molecule has 0 amide bonds. The summed E-state index contributed by atoms with van der Waals surface area (Å²) < 4.78 is 10.8. The summed E-state index contributed by atoms with van der Waals surface area (Å²) >= 11 is 0. The average Bonchev–Trinajstić information content (AvgIpc) is 3.10. The first-order chi connectivity index (χ1) is 14.7. The molecule has 4 fully saturated rings. The van der Waals surface area contributed by atoms with E-state index < -0.39 is 6.10 Å². The number of hydrogen-bond acceptors (Lipinski definition) is 5. The largest absolute Gasteiger partial charge is 0.469 e. The Labute approximate surface area is 187 Å². The van der Waals surface area contributed by atoms with E-state index in [0.29, 0.717) is 48.7 Å². The predicted molar refractivity (Wildman–Crippen MR) is 118 cm³/mol. The first kappa shape index (κ1) is 23.2. The quantitative estimate of drug-likeness (QED) is 0.649. The van der Waals surface area contributed by atoms with Crippen molar-refractivity contribution in [2.45, 2.75) is 90.8 Å². The van der Waals surface area contributed by atoms with Gasteiger partial charge in [0, 0.05) is 32.3 Å². The van der Waals surface area contributed by atoms with E-state index in [1.807, 2.05) is 0 Å². The number of carbonyl (C=O) groups is 2. The van der Waals surface area contributed by atoms with Crippen LogP contribution in [0.2, 0.25) is 0 Å². The number of ether oxygens (including phenoxy) is 2. The molecule has 5 heteroatoms. The molecule has 4 aliphatic rings. The molecule has 0 heterocycles. The molecule has 0 aromatic rings. The molecule has 176 valence electrons. The molecular weight excluding hydrogens is 392 g/mol. The zero-order valence-electron chi connectivity index (χ0n) is 20.1. The highest BCUT2D eigenvalue weighted by Gasteiger charge is 2.65. The van der Waals surface area contributed by atoms with Crippen LogP contribution in [-0.2, 0) is 19.1 Å². The second-order valence-electron chi connectivity index (χ2n) is 11.7. The third kappa shape index (κ3) is 3.58. The summed E-state index contributed by atoms with van der Waals surface area (Å²) in [6, 6.07) is 0. The van der Waals surface area contributed by atoms with Gasteiger partial charge in [0.2, 0.25) is 0 Å². The number of aliphatic hydroxyl groups excluding tert-OH is 1. The summed E-state index contributed by atoms with van der Waals surface area (Å²) in [6.45, 7) is 7.13. The molecule has 0 saturated heterocycles. The molecule has 0 bridgehead atoms. The second-order valence-corrected chi connectivity index (χ2v) is 11.7. The highest BCUT2D eigenvalue weighted by Crippen LogP contribution is 2.68. The molecule has 0 unspecified atom stereocenters. The fourth-order valence-electron chi connectivity index (χ4n) is 8.95. The van der Waals surface area contributed by atoms with E-state index in [1.54, 1.807) is 7.11 Å². The lowest BCUT2D eigenvalue weighted by Gasteiger charge is -2.63. The van der Waals surface area contributed by atoms with Gasteiger partial charge in [-0.3, -0.25) is 9.59 Å². The van der Waals surface area contributed by atoms with Crippen molar-refractivity contribution < 1.29 is 24.2 Å². The highest BCUT2D eigenvalue weighted by atomic mass is 16.5. The van der Waals surface area contributed by atoms with Crippen LogP contribution < -0.4 is 0 Å². The Kier molecular flexibility index (Phi) is 6.33. The molecule has 0 aliphatic heterocycles. The summed E-state index contributed by atoms with van der Waals surface area (Å²) in [6.07, 6.45) is 7.45. The number of aliphatic hydroxyl groups is 1. The van der Waals surface area contributed by atoms with Crippen molar-refractivity contribution in [3.05, 3.63) is 0 Å². The minimum Gasteiger partial charge on any atom is -0.469 e. The Hall–Kier alpha value is -0.940. The molecule has 5 nitrogen and oxygen atoms in total. The standard InChI is InChI=1S/C26H42O5/c1-15(6-9-21(28)30-4)17-7-8-18-22-19(11-13-25(17,18)2)26(3)12-10-16(27)14-20(26)24(31-5)23(22)29/h15,17-20,22-24,29H,6-14H2,1-5H3/t15-,17-,18+,19+,20+,22+,23+,24-,25-,26-/m1/s1. The summed E-state index contributed by atoms with van der Waals surface area (Å²) in [5.74, 6) is 2.60. The Bertz CT molecular complexity index is 706. The van der Waals surface area contributed by atoms with E-state index in [0.717, 1.165) is 25.7 Å². The third-order valence-electron chi connectivity index (χ3n) is 10.6. The molecule has 4 rings (SSSR count). The molecule has 31 heavy (non-hydrogen) atoms.